The van der Waals surface area contributed by atoms with Gasteiger partial charge >= 0.3 is 0 Å². The molecule has 0 aromatic carbocycles. The van der Waals surface area contributed by atoms with E-state index in [1.54, 1.807) is 0 Å². The van der Waals surface area contributed by atoms with Gasteiger partial charge in [-0.15, -0.1) is 0 Å². The lowest BCUT2D eigenvalue weighted by Crippen LogP contribution is -2.39. The quantitative estimate of drug-likeness (QED) is 0.733. The fourth-order valence-electron chi connectivity index (χ4n) is 3.02. The number of nitrogens with one attached hydrogen (secondary N) is 1. The van der Waals surface area contributed by atoms with Crippen molar-refractivity contribution in [2.45, 2.75) is 58.4 Å². The molecule has 2 heteroatoms. The lowest BCUT2D eigenvalue weighted by Gasteiger charge is -2.33. The van der Waals surface area contributed by atoms with E-state index in [0.717, 1.165) is 17.9 Å². The van der Waals surface area contributed by atoms with Gasteiger partial charge in [-0.3, -0.25) is 0 Å². The second-order valence-corrected chi connectivity index (χ2v) is 6.32. The first-order chi connectivity index (χ1) is 8.28. The van der Waals surface area contributed by atoms with E-state index < -0.39 is 0 Å². The number of piperidine rings is 1. The van der Waals surface area contributed by atoms with Crippen molar-refractivity contribution in [2.75, 3.05) is 26.2 Å². The van der Waals surface area contributed by atoms with Crippen molar-refractivity contribution >= 4 is 0 Å². The molecule has 1 heterocycles. The maximum absolute atomic E-state index is 3.68. The zero-order chi connectivity index (χ0) is 12.1. The number of rotatable bonds is 7. The van der Waals surface area contributed by atoms with Crippen molar-refractivity contribution in [2.24, 2.45) is 11.8 Å². The maximum atomic E-state index is 3.68. The summed E-state index contributed by atoms with van der Waals surface area (Å²) in [5.74, 6) is 1.84. The highest BCUT2D eigenvalue weighted by Gasteiger charge is 2.24. The standard InChI is InChI=1S/C15H30N2/c1-3-4-13(2)12-17-9-7-14(8-10-17)11-16-15-5-6-15/h13-16H,3-12H2,1-2H3. The molecule has 1 N–H and O–H groups in total. The van der Waals surface area contributed by atoms with E-state index in [-0.39, 0.29) is 0 Å². The Balaban J connectivity index is 1.56. The first-order valence-corrected chi connectivity index (χ1v) is 7.73. The first-order valence-electron chi connectivity index (χ1n) is 7.73. The molecule has 1 saturated heterocycles. The van der Waals surface area contributed by atoms with Crippen LogP contribution in [0.4, 0.5) is 0 Å². The van der Waals surface area contributed by atoms with Gasteiger partial charge in [-0.25, -0.2) is 0 Å². The molecular formula is C15H30N2. The van der Waals surface area contributed by atoms with Crippen LogP contribution >= 0.6 is 0 Å². The van der Waals surface area contributed by atoms with Crippen LogP contribution in [0.15, 0.2) is 0 Å². The second-order valence-electron chi connectivity index (χ2n) is 6.32. The van der Waals surface area contributed by atoms with Crippen LogP contribution in [0.25, 0.3) is 0 Å². The van der Waals surface area contributed by atoms with Crippen LogP contribution in [-0.4, -0.2) is 37.1 Å². The predicted molar refractivity (Wildman–Crippen MR) is 74.3 cm³/mol. The van der Waals surface area contributed by atoms with Crippen molar-refractivity contribution in [1.29, 1.82) is 0 Å². The number of nitrogens with zero attached hydrogens (tertiary/aromatic N) is 1. The summed E-state index contributed by atoms with van der Waals surface area (Å²) >= 11 is 0. The average Bonchev–Trinajstić information content (AvgIpc) is 3.12. The molecule has 0 aromatic heterocycles. The molecule has 1 aliphatic carbocycles. The molecule has 0 radical (unpaired) electrons. The van der Waals surface area contributed by atoms with Gasteiger partial charge in [0.05, 0.1) is 0 Å². The molecule has 0 aromatic rings. The Morgan fingerprint density at radius 1 is 1.18 bits per heavy atom. The molecule has 2 aliphatic rings. The smallest absolute Gasteiger partial charge is 0.00683 e. The van der Waals surface area contributed by atoms with Crippen LogP contribution in [0.3, 0.4) is 0 Å². The highest BCUT2D eigenvalue weighted by Crippen LogP contribution is 2.22. The normalized spacial score (nSPS) is 25.1. The minimum Gasteiger partial charge on any atom is -0.314 e. The molecule has 2 rings (SSSR count). The van der Waals surface area contributed by atoms with E-state index in [1.807, 2.05) is 0 Å². The summed E-state index contributed by atoms with van der Waals surface area (Å²) < 4.78 is 0. The van der Waals surface area contributed by atoms with Crippen LogP contribution < -0.4 is 5.32 Å². The van der Waals surface area contributed by atoms with Gasteiger partial charge in [0.15, 0.2) is 0 Å². The number of hydrogen-bond donors (Lipinski definition) is 1. The summed E-state index contributed by atoms with van der Waals surface area (Å²) in [6.07, 6.45) is 8.41. The lowest BCUT2D eigenvalue weighted by atomic mass is 9.95. The average molecular weight is 238 g/mol. The zero-order valence-electron chi connectivity index (χ0n) is 11.8. The first kappa shape index (κ1) is 13.4. The molecule has 0 spiro atoms. The largest absolute Gasteiger partial charge is 0.314 e. The molecule has 1 unspecified atom stereocenters. The highest BCUT2D eigenvalue weighted by atomic mass is 15.1. The third kappa shape index (κ3) is 4.97. The Labute approximate surface area is 107 Å². The van der Waals surface area contributed by atoms with Gasteiger partial charge in [-0.05, 0) is 63.6 Å². The summed E-state index contributed by atoms with van der Waals surface area (Å²) in [7, 11) is 0. The van der Waals surface area contributed by atoms with Gasteiger partial charge in [-0.1, -0.05) is 20.3 Å². The summed E-state index contributed by atoms with van der Waals surface area (Å²) in [5, 5.41) is 3.68. The summed E-state index contributed by atoms with van der Waals surface area (Å²) in [5.41, 5.74) is 0. The maximum Gasteiger partial charge on any atom is 0.00683 e. The topological polar surface area (TPSA) is 15.3 Å². The summed E-state index contributed by atoms with van der Waals surface area (Å²) in [6, 6.07) is 0.887. The van der Waals surface area contributed by atoms with Crippen LogP contribution in [0.2, 0.25) is 0 Å². The molecule has 0 amide bonds. The Morgan fingerprint density at radius 3 is 2.47 bits per heavy atom. The van der Waals surface area contributed by atoms with Gasteiger partial charge in [0.25, 0.3) is 0 Å². The van der Waals surface area contributed by atoms with Gasteiger partial charge in [-0.2, -0.15) is 0 Å². The van der Waals surface area contributed by atoms with Gasteiger partial charge in [0.2, 0.25) is 0 Å². The van der Waals surface area contributed by atoms with E-state index in [1.165, 1.54) is 64.7 Å². The summed E-state index contributed by atoms with van der Waals surface area (Å²) in [6.45, 7) is 9.99. The Bertz CT molecular complexity index is 205. The minimum atomic E-state index is 0.887. The Morgan fingerprint density at radius 2 is 1.88 bits per heavy atom. The fraction of sp³-hybridized carbons (Fsp3) is 1.00. The van der Waals surface area contributed by atoms with Crippen molar-refractivity contribution in [3.05, 3.63) is 0 Å². The Kier molecular flexibility index (Phi) is 5.30. The van der Waals surface area contributed by atoms with Gasteiger partial charge in [0, 0.05) is 12.6 Å². The molecule has 17 heavy (non-hydrogen) atoms. The number of hydrogen-bond acceptors (Lipinski definition) is 2. The third-order valence-electron chi connectivity index (χ3n) is 4.33. The van der Waals surface area contributed by atoms with Crippen molar-refractivity contribution in [3.63, 3.8) is 0 Å². The molecule has 1 atom stereocenters. The van der Waals surface area contributed by atoms with E-state index in [0.29, 0.717) is 0 Å². The second kappa shape index (κ2) is 6.75. The minimum absolute atomic E-state index is 0.887. The monoisotopic (exact) mass is 238 g/mol. The summed E-state index contributed by atoms with van der Waals surface area (Å²) in [4.78, 5) is 2.69. The van der Waals surface area contributed by atoms with E-state index >= 15 is 0 Å². The lowest BCUT2D eigenvalue weighted by molar-refractivity contribution is 0.160. The van der Waals surface area contributed by atoms with Crippen molar-refractivity contribution in [3.8, 4) is 0 Å². The molecule has 2 nitrogen and oxygen atoms in total. The van der Waals surface area contributed by atoms with Crippen LogP contribution in [0.1, 0.15) is 52.4 Å². The van der Waals surface area contributed by atoms with Crippen LogP contribution in [0, 0.1) is 11.8 Å². The Hall–Kier alpha value is -0.0800. The van der Waals surface area contributed by atoms with Crippen molar-refractivity contribution in [1.82, 2.24) is 10.2 Å². The van der Waals surface area contributed by atoms with E-state index in [9.17, 15) is 0 Å². The fourth-order valence-corrected chi connectivity index (χ4v) is 3.02. The molecule has 1 saturated carbocycles. The molecule has 1 aliphatic heterocycles. The van der Waals surface area contributed by atoms with E-state index in [2.05, 4.69) is 24.1 Å². The molecule has 2 fully saturated rings. The van der Waals surface area contributed by atoms with Gasteiger partial charge in [0.1, 0.15) is 0 Å². The zero-order valence-corrected chi connectivity index (χ0v) is 11.8. The highest BCUT2D eigenvalue weighted by molar-refractivity contribution is 4.83. The molecule has 100 valence electrons. The van der Waals surface area contributed by atoms with Crippen LogP contribution in [-0.2, 0) is 0 Å². The molecular weight excluding hydrogens is 208 g/mol. The number of likely N-dealkylation sites (tertiary alicyclic amines) is 1. The predicted octanol–water partition coefficient (Wildman–Crippen LogP) is 2.89. The SMILES string of the molecule is CCCC(C)CN1CCC(CNC2CC2)CC1. The third-order valence-corrected chi connectivity index (χ3v) is 4.33. The molecule has 0 bridgehead atoms. The van der Waals surface area contributed by atoms with Crippen LogP contribution in [0.5, 0.6) is 0 Å². The van der Waals surface area contributed by atoms with E-state index in [4.69, 9.17) is 0 Å². The van der Waals surface area contributed by atoms with Crippen molar-refractivity contribution < 1.29 is 0 Å². The van der Waals surface area contributed by atoms with Gasteiger partial charge < -0.3 is 10.2 Å².